The van der Waals surface area contributed by atoms with Gasteiger partial charge in [0.15, 0.2) is 6.61 Å². The SMILES string of the molecule is CC(C)(C)OC(=O)NNC(=O)COc1ccc(Br)cc1Cl. The first kappa shape index (κ1) is 17.6. The van der Waals surface area contributed by atoms with Crippen LogP contribution < -0.4 is 15.6 Å². The first-order valence-corrected chi connectivity index (χ1v) is 7.20. The van der Waals surface area contributed by atoms with E-state index in [2.05, 4.69) is 26.8 Å². The van der Waals surface area contributed by atoms with Crippen molar-refractivity contribution in [1.29, 1.82) is 0 Å². The Balaban J connectivity index is 2.36. The van der Waals surface area contributed by atoms with E-state index in [1.807, 2.05) is 0 Å². The summed E-state index contributed by atoms with van der Waals surface area (Å²) in [4.78, 5) is 22.8. The summed E-state index contributed by atoms with van der Waals surface area (Å²) in [7, 11) is 0. The highest BCUT2D eigenvalue weighted by molar-refractivity contribution is 9.10. The topological polar surface area (TPSA) is 76.7 Å². The third-order valence-electron chi connectivity index (χ3n) is 1.96. The number of hydrogen-bond donors (Lipinski definition) is 2. The number of nitrogens with one attached hydrogen (secondary N) is 2. The van der Waals surface area contributed by atoms with Crippen LogP contribution in [-0.2, 0) is 9.53 Å². The lowest BCUT2D eigenvalue weighted by molar-refractivity contribution is -0.124. The molecule has 1 aromatic rings. The maximum absolute atomic E-state index is 11.5. The molecule has 0 saturated carbocycles. The molecule has 1 aromatic carbocycles. The van der Waals surface area contributed by atoms with E-state index in [1.54, 1.807) is 39.0 Å². The highest BCUT2D eigenvalue weighted by Gasteiger charge is 2.16. The molecule has 0 radical (unpaired) electrons. The van der Waals surface area contributed by atoms with Crippen LogP contribution in [0.25, 0.3) is 0 Å². The number of rotatable bonds is 3. The van der Waals surface area contributed by atoms with Crippen LogP contribution in [-0.4, -0.2) is 24.2 Å². The Labute approximate surface area is 136 Å². The Morgan fingerprint density at radius 3 is 2.52 bits per heavy atom. The maximum Gasteiger partial charge on any atom is 0.426 e. The number of carbonyl (C=O) groups is 2. The minimum Gasteiger partial charge on any atom is -0.482 e. The average molecular weight is 380 g/mol. The monoisotopic (exact) mass is 378 g/mol. The molecule has 0 aliphatic heterocycles. The number of benzene rings is 1. The summed E-state index contributed by atoms with van der Waals surface area (Å²) >= 11 is 9.20. The first-order valence-electron chi connectivity index (χ1n) is 6.03. The molecule has 0 bridgehead atoms. The number of carbonyl (C=O) groups excluding carboxylic acids is 2. The third kappa shape index (κ3) is 7.19. The van der Waals surface area contributed by atoms with Crippen LogP contribution in [0.2, 0.25) is 5.02 Å². The molecule has 2 amide bonds. The fraction of sp³-hybridized carbons (Fsp3) is 0.385. The lowest BCUT2D eigenvalue weighted by atomic mass is 10.2. The predicted molar refractivity (Wildman–Crippen MR) is 82.2 cm³/mol. The third-order valence-corrected chi connectivity index (χ3v) is 2.74. The van der Waals surface area contributed by atoms with Gasteiger partial charge in [-0.3, -0.25) is 10.2 Å². The van der Waals surface area contributed by atoms with E-state index in [0.29, 0.717) is 10.8 Å². The summed E-state index contributed by atoms with van der Waals surface area (Å²) in [6.45, 7) is 4.85. The number of hydrogen-bond acceptors (Lipinski definition) is 4. The van der Waals surface area contributed by atoms with Gasteiger partial charge in [-0.1, -0.05) is 27.5 Å². The zero-order valence-corrected chi connectivity index (χ0v) is 14.2. The number of amides is 2. The first-order chi connectivity index (χ1) is 9.67. The summed E-state index contributed by atoms with van der Waals surface area (Å²) in [5, 5.41) is 0.372. The Bertz CT molecular complexity index is 531. The van der Waals surface area contributed by atoms with Gasteiger partial charge in [-0.15, -0.1) is 0 Å². The van der Waals surface area contributed by atoms with Gasteiger partial charge in [0.1, 0.15) is 11.4 Å². The Morgan fingerprint density at radius 2 is 1.95 bits per heavy atom. The molecule has 1 rings (SSSR count). The van der Waals surface area contributed by atoms with E-state index in [0.717, 1.165) is 4.47 Å². The van der Waals surface area contributed by atoms with Crippen molar-refractivity contribution in [1.82, 2.24) is 10.9 Å². The number of hydrazine groups is 1. The van der Waals surface area contributed by atoms with Crippen LogP contribution in [0.1, 0.15) is 20.8 Å². The molecule has 0 atom stereocenters. The summed E-state index contributed by atoms with van der Waals surface area (Å²) in [5.41, 5.74) is 3.64. The van der Waals surface area contributed by atoms with Gasteiger partial charge in [-0.05, 0) is 39.0 Å². The normalized spacial score (nSPS) is 10.7. The molecule has 0 spiro atoms. The highest BCUT2D eigenvalue weighted by Crippen LogP contribution is 2.27. The maximum atomic E-state index is 11.5. The summed E-state index contributed by atoms with van der Waals surface area (Å²) < 4.78 is 11.0. The van der Waals surface area contributed by atoms with Gasteiger partial charge >= 0.3 is 6.09 Å². The van der Waals surface area contributed by atoms with Crippen LogP contribution in [0.3, 0.4) is 0 Å². The van der Waals surface area contributed by atoms with Crippen molar-refractivity contribution >= 4 is 39.5 Å². The van der Waals surface area contributed by atoms with Crippen LogP contribution in [0.5, 0.6) is 5.75 Å². The highest BCUT2D eigenvalue weighted by atomic mass is 79.9. The molecule has 0 saturated heterocycles. The molecule has 2 N–H and O–H groups in total. The molecule has 8 heteroatoms. The Morgan fingerprint density at radius 1 is 1.29 bits per heavy atom. The van der Waals surface area contributed by atoms with Crippen molar-refractivity contribution < 1.29 is 19.1 Å². The van der Waals surface area contributed by atoms with E-state index in [-0.39, 0.29) is 6.61 Å². The van der Waals surface area contributed by atoms with Gasteiger partial charge < -0.3 is 9.47 Å². The van der Waals surface area contributed by atoms with E-state index in [9.17, 15) is 9.59 Å². The van der Waals surface area contributed by atoms with E-state index < -0.39 is 17.6 Å². The minimum atomic E-state index is -0.752. The van der Waals surface area contributed by atoms with Crippen LogP contribution in [0.15, 0.2) is 22.7 Å². The minimum absolute atomic E-state index is 0.294. The fourth-order valence-corrected chi connectivity index (χ4v) is 1.92. The molecule has 116 valence electrons. The Hall–Kier alpha value is -1.47. The van der Waals surface area contributed by atoms with Crippen LogP contribution >= 0.6 is 27.5 Å². The molecule has 0 aromatic heterocycles. The van der Waals surface area contributed by atoms with E-state index in [1.165, 1.54) is 0 Å². The second-order valence-electron chi connectivity index (χ2n) is 5.04. The van der Waals surface area contributed by atoms with Crippen LogP contribution in [0, 0.1) is 0 Å². The zero-order chi connectivity index (χ0) is 16.0. The molecular formula is C13H16BrClN2O4. The fourth-order valence-electron chi connectivity index (χ4n) is 1.20. The van der Waals surface area contributed by atoms with E-state index in [4.69, 9.17) is 21.1 Å². The molecule has 0 unspecified atom stereocenters. The van der Waals surface area contributed by atoms with Gasteiger partial charge in [-0.2, -0.15) is 0 Å². The number of ether oxygens (including phenoxy) is 2. The smallest absolute Gasteiger partial charge is 0.426 e. The molecular weight excluding hydrogens is 364 g/mol. The van der Waals surface area contributed by atoms with Crippen molar-refractivity contribution in [2.24, 2.45) is 0 Å². The molecule has 0 aliphatic rings. The van der Waals surface area contributed by atoms with E-state index >= 15 is 0 Å². The second kappa shape index (κ2) is 7.51. The van der Waals surface area contributed by atoms with Crippen molar-refractivity contribution in [2.45, 2.75) is 26.4 Å². The summed E-state index contributed by atoms with van der Waals surface area (Å²) in [5.74, 6) is -0.174. The van der Waals surface area contributed by atoms with Gasteiger partial charge in [0.05, 0.1) is 5.02 Å². The zero-order valence-electron chi connectivity index (χ0n) is 11.8. The van der Waals surface area contributed by atoms with Gasteiger partial charge in [0.25, 0.3) is 5.91 Å². The molecule has 0 fully saturated rings. The molecule has 0 aliphatic carbocycles. The van der Waals surface area contributed by atoms with Crippen molar-refractivity contribution in [2.75, 3.05) is 6.61 Å². The van der Waals surface area contributed by atoms with Crippen molar-refractivity contribution in [3.63, 3.8) is 0 Å². The van der Waals surface area contributed by atoms with Gasteiger partial charge in [-0.25, -0.2) is 10.2 Å². The standard InChI is InChI=1S/C13H16BrClN2O4/c1-13(2,3)21-12(19)17-16-11(18)7-20-10-5-4-8(14)6-9(10)15/h4-6H,7H2,1-3H3,(H,16,18)(H,17,19). The largest absolute Gasteiger partial charge is 0.482 e. The summed E-state index contributed by atoms with van der Waals surface area (Å²) in [6.07, 6.45) is -0.752. The molecule has 6 nitrogen and oxygen atoms in total. The van der Waals surface area contributed by atoms with Crippen LogP contribution in [0.4, 0.5) is 4.79 Å². The molecule has 0 heterocycles. The lowest BCUT2D eigenvalue weighted by Gasteiger charge is -2.19. The lowest BCUT2D eigenvalue weighted by Crippen LogP contribution is -2.46. The summed E-state index contributed by atoms with van der Waals surface area (Å²) in [6, 6.07) is 5.01. The average Bonchev–Trinajstić information content (AvgIpc) is 2.33. The predicted octanol–water partition coefficient (Wildman–Crippen LogP) is 3.04. The van der Waals surface area contributed by atoms with Crippen molar-refractivity contribution in [3.05, 3.63) is 27.7 Å². The second-order valence-corrected chi connectivity index (χ2v) is 6.36. The van der Waals surface area contributed by atoms with Crippen molar-refractivity contribution in [3.8, 4) is 5.75 Å². The quantitative estimate of drug-likeness (QED) is 0.792. The van der Waals surface area contributed by atoms with Gasteiger partial charge in [0.2, 0.25) is 0 Å². The molecule has 21 heavy (non-hydrogen) atoms. The number of halogens is 2. The van der Waals surface area contributed by atoms with Gasteiger partial charge in [0, 0.05) is 4.47 Å². The Kier molecular flexibility index (Phi) is 6.29.